The molecule has 0 aromatic heterocycles. The molecular weight excluding hydrogens is 426 g/mol. The van der Waals surface area contributed by atoms with E-state index in [0.29, 0.717) is 0 Å². The SMILES string of the molecule is CC[N+](CC)(CC)CC.O=S(=O)([O-])C(F)C(F)C(F)C(F)C(F)C(F)C(F)F. The molecule has 28 heavy (non-hydrogen) atoms. The number of hydrogen-bond acceptors (Lipinski definition) is 3. The maximum Gasteiger partial charge on any atom is 0.272 e. The van der Waals surface area contributed by atoms with E-state index < -0.39 is 52.9 Å². The van der Waals surface area contributed by atoms with Crippen LogP contribution in [0.1, 0.15) is 27.7 Å². The summed E-state index contributed by atoms with van der Waals surface area (Å²) in [5.41, 5.74) is -4.07. The highest BCUT2D eigenvalue weighted by Gasteiger charge is 2.47. The molecule has 0 aromatic carbocycles. The van der Waals surface area contributed by atoms with Crippen LogP contribution in [0, 0.1) is 0 Å². The Morgan fingerprint density at radius 3 is 1.14 bits per heavy atom. The van der Waals surface area contributed by atoms with Crippen LogP contribution in [0.3, 0.4) is 0 Å². The van der Waals surface area contributed by atoms with E-state index >= 15 is 0 Å². The third-order valence-electron chi connectivity index (χ3n) is 4.67. The molecule has 0 bridgehead atoms. The topological polar surface area (TPSA) is 57.2 Å². The van der Waals surface area contributed by atoms with Crippen molar-refractivity contribution in [3.8, 4) is 0 Å². The summed E-state index contributed by atoms with van der Waals surface area (Å²) in [6, 6.07) is 0. The zero-order valence-electron chi connectivity index (χ0n) is 16.0. The first-order valence-corrected chi connectivity index (χ1v) is 10.0. The molecule has 0 radical (unpaired) electrons. The number of hydrogen-bond donors (Lipinski definition) is 0. The van der Waals surface area contributed by atoms with E-state index in [1.807, 2.05) is 0 Å². The Hall–Kier alpha value is -0.690. The van der Waals surface area contributed by atoms with Gasteiger partial charge in [0.15, 0.2) is 30.9 Å². The maximum atomic E-state index is 12.8. The van der Waals surface area contributed by atoms with E-state index in [1.165, 1.54) is 30.7 Å². The lowest BCUT2D eigenvalue weighted by atomic mass is 10.0. The highest BCUT2D eigenvalue weighted by molar-refractivity contribution is 7.86. The average molecular weight is 453 g/mol. The third-order valence-corrected chi connectivity index (χ3v) is 5.48. The fourth-order valence-electron chi connectivity index (χ4n) is 2.31. The van der Waals surface area contributed by atoms with Crippen LogP contribution in [0.25, 0.3) is 0 Å². The van der Waals surface area contributed by atoms with Gasteiger partial charge in [-0.25, -0.2) is 43.5 Å². The Labute approximate surface area is 160 Å². The van der Waals surface area contributed by atoms with Crippen LogP contribution >= 0.6 is 0 Å². The van der Waals surface area contributed by atoms with Crippen molar-refractivity contribution in [3.63, 3.8) is 0 Å². The Morgan fingerprint density at radius 2 is 0.929 bits per heavy atom. The quantitative estimate of drug-likeness (QED) is 0.273. The molecule has 0 rings (SSSR count). The van der Waals surface area contributed by atoms with Crippen LogP contribution in [0.5, 0.6) is 0 Å². The molecule has 0 aliphatic carbocycles. The number of halogens is 8. The molecule has 0 N–H and O–H groups in total. The average Bonchev–Trinajstić information content (AvgIpc) is 2.66. The highest BCUT2D eigenvalue weighted by Crippen LogP contribution is 2.27. The summed E-state index contributed by atoms with van der Waals surface area (Å²) < 4.78 is 130. The van der Waals surface area contributed by atoms with Crippen molar-refractivity contribution in [3.05, 3.63) is 0 Å². The van der Waals surface area contributed by atoms with Gasteiger partial charge in [-0.3, -0.25) is 0 Å². The van der Waals surface area contributed by atoms with E-state index in [4.69, 9.17) is 0 Å². The zero-order valence-corrected chi connectivity index (χ0v) is 16.8. The van der Waals surface area contributed by atoms with Crippen LogP contribution in [0.2, 0.25) is 0 Å². The van der Waals surface area contributed by atoms with Crippen molar-refractivity contribution < 1.29 is 52.6 Å². The van der Waals surface area contributed by atoms with E-state index in [2.05, 4.69) is 27.7 Å². The summed E-state index contributed by atoms with van der Waals surface area (Å²) >= 11 is 0. The molecule has 4 nitrogen and oxygen atoms in total. The molecule has 0 heterocycles. The predicted octanol–water partition coefficient (Wildman–Crippen LogP) is 3.67. The monoisotopic (exact) mass is 453 g/mol. The van der Waals surface area contributed by atoms with E-state index in [1.54, 1.807) is 0 Å². The van der Waals surface area contributed by atoms with Gasteiger partial charge in [0.25, 0.3) is 6.43 Å². The van der Waals surface area contributed by atoms with Gasteiger partial charge < -0.3 is 9.04 Å². The smallest absolute Gasteiger partial charge is 0.272 e. The van der Waals surface area contributed by atoms with Gasteiger partial charge >= 0.3 is 0 Å². The zero-order chi connectivity index (χ0) is 22.9. The summed E-state index contributed by atoms with van der Waals surface area (Å²) in [6.45, 7) is 14.2. The molecule has 0 spiro atoms. The van der Waals surface area contributed by atoms with E-state index in [-0.39, 0.29) is 0 Å². The summed E-state index contributed by atoms with van der Waals surface area (Å²) in [7, 11) is -6.01. The largest absolute Gasteiger partial charge is 0.746 e. The second-order valence-electron chi connectivity index (χ2n) is 6.01. The van der Waals surface area contributed by atoms with Gasteiger partial charge in [0, 0.05) is 0 Å². The molecule has 172 valence electrons. The number of nitrogens with zero attached hydrogens (tertiary/aromatic N) is 1. The van der Waals surface area contributed by atoms with E-state index in [0.717, 1.165) is 0 Å². The lowest BCUT2D eigenvalue weighted by Crippen LogP contribution is -2.47. The maximum absolute atomic E-state index is 12.8. The molecule has 0 saturated carbocycles. The van der Waals surface area contributed by atoms with Crippen molar-refractivity contribution in [2.75, 3.05) is 26.2 Å². The van der Waals surface area contributed by atoms with Crippen molar-refractivity contribution in [2.24, 2.45) is 0 Å². The van der Waals surface area contributed by atoms with Gasteiger partial charge in [-0.05, 0) is 27.7 Å². The van der Waals surface area contributed by atoms with Crippen molar-refractivity contribution in [1.29, 1.82) is 0 Å². The second kappa shape index (κ2) is 12.8. The highest BCUT2D eigenvalue weighted by atomic mass is 32.2. The summed E-state index contributed by atoms with van der Waals surface area (Å²) in [5, 5.41) is 0. The van der Waals surface area contributed by atoms with Crippen molar-refractivity contribution in [1.82, 2.24) is 0 Å². The molecule has 0 saturated heterocycles. The van der Waals surface area contributed by atoms with Crippen LogP contribution in [-0.4, -0.2) is 86.4 Å². The van der Waals surface area contributed by atoms with Crippen LogP contribution in [0.4, 0.5) is 35.1 Å². The normalized spacial score (nSPS) is 19.2. The Morgan fingerprint density at radius 1 is 0.643 bits per heavy atom. The number of quaternary nitrogens is 1. The molecular formula is C15H27F8NO3S. The lowest BCUT2D eigenvalue weighted by molar-refractivity contribution is -0.921. The van der Waals surface area contributed by atoms with Crippen LogP contribution in [-0.2, 0) is 10.1 Å². The molecule has 6 atom stereocenters. The molecule has 0 fully saturated rings. The minimum Gasteiger partial charge on any atom is -0.746 e. The van der Waals surface area contributed by atoms with Gasteiger partial charge in [-0.1, -0.05) is 0 Å². The third kappa shape index (κ3) is 8.76. The number of rotatable bonds is 11. The predicted molar refractivity (Wildman–Crippen MR) is 87.5 cm³/mol. The van der Waals surface area contributed by atoms with Gasteiger partial charge in [0.2, 0.25) is 5.50 Å². The van der Waals surface area contributed by atoms with Crippen LogP contribution in [0.15, 0.2) is 0 Å². The Balaban J connectivity index is 0. The summed E-state index contributed by atoms with van der Waals surface area (Å²) in [4.78, 5) is 0. The minimum absolute atomic E-state index is 1.28. The molecule has 0 aliphatic rings. The first kappa shape index (κ1) is 29.5. The molecule has 0 amide bonds. The van der Waals surface area contributed by atoms with Crippen molar-refractivity contribution in [2.45, 2.75) is 70.5 Å². The fraction of sp³-hybridized carbons (Fsp3) is 1.00. The fourth-order valence-corrected chi connectivity index (χ4v) is 2.78. The summed E-state index contributed by atoms with van der Waals surface area (Å²) in [5.74, 6) is 0. The van der Waals surface area contributed by atoms with Gasteiger partial charge in [0.05, 0.1) is 26.2 Å². The molecule has 13 heteroatoms. The van der Waals surface area contributed by atoms with Gasteiger partial charge in [-0.2, -0.15) is 0 Å². The number of alkyl halides is 8. The molecule has 6 unspecified atom stereocenters. The molecule has 0 aromatic rings. The van der Waals surface area contributed by atoms with Gasteiger partial charge in [0.1, 0.15) is 10.1 Å². The standard InChI is InChI=1S/C8H20N.C7H8F8O3S/c1-5-9(6-2,7-3)8-4;8-1(2(9)4(11)6(13)14)3(10)5(12)7(15)19(16,17)18/h5-8H2,1-4H3;1-7H,(H,16,17,18)/q+1;/p-1. The molecule has 0 aliphatic heterocycles. The second-order valence-corrected chi connectivity index (χ2v) is 7.44. The Kier molecular flexibility index (Phi) is 13.5. The van der Waals surface area contributed by atoms with Gasteiger partial charge in [-0.15, -0.1) is 0 Å². The van der Waals surface area contributed by atoms with E-state index in [9.17, 15) is 48.1 Å². The summed E-state index contributed by atoms with van der Waals surface area (Å²) in [6.07, 6.45) is -23.5. The van der Waals surface area contributed by atoms with Crippen LogP contribution < -0.4 is 0 Å². The van der Waals surface area contributed by atoms with Crippen molar-refractivity contribution >= 4 is 10.1 Å². The lowest BCUT2D eigenvalue weighted by Gasteiger charge is -2.34. The first-order chi connectivity index (χ1) is 12.7. The first-order valence-electron chi connectivity index (χ1n) is 8.57. The Bertz CT molecular complexity index is 504. The minimum atomic E-state index is -6.01.